The van der Waals surface area contributed by atoms with E-state index in [9.17, 15) is 14.7 Å². The van der Waals surface area contributed by atoms with E-state index < -0.39 is 12.0 Å². The third-order valence-corrected chi connectivity index (χ3v) is 10.2. The van der Waals surface area contributed by atoms with E-state index in [1.165, 1.54) is 0 Å². The number of rotatable bonds is 9. The van der Waals surface area contributed by atoms with E-state index in [2.05, 4.69) is 25.1 Å². The van der Waals surface area contributed by atoms with Crippen LogP contribution in [0.1, 0.15) is 66.3 Å². The van der Waals surface area contributed by atoms with Crippen molar-refractivity contribution < 1.29 is 19.4 Å². The SMILES string of the molecule is CCc1ccc(-c2ccc(Cl)cc2C)cc1C1=C(OCCc2ccc(-c3ccc(Cl)c(Cl)c3)cc2C2C(=O)CCC2=O)CCC1O. The van der Waals surface area contributed by atoms with Crippen LogP contribution >= 0.6 is 34.8 Å². The van der Waals surface area contributed by atoms with Gasteiger partial charge in [-0.3, -0.25) is 9.59 Å². The van der Waals surface area contributed by atoms with E-state index in [0.717, 1.165) is 67.8 Å². The molecule has 1 fully saturated rings. The number of allylic oxidation sites excluding steroid dienone is 1. The molecule has 1 N–H and O–H groups in total. The lowest BCUT2D eigenvalue weighted by Gasteiger charge is -2.19. The molecule has 4 aromatic carbocycles. The maximum Gasteiger partial charge on any atom is 0.148 e. The highest BCUT2D eigenvalue weighted by Crippen LogP contribution is 2.40. The van der Waals surface area contributed by atoms with Crippen molar-refractivity contribution in [3.63, 3.8) is 0 Å². The van der Waals surface area contributed by atoms with Gasteiger partial charge in [0.25, 0.3) is 0 Å². The smallest absolute Gasteiger partial charge is 0.148 e. The molecule has 7 heteroatoms. The normalized spacial score (nSPS) is 17.0. The summed E-state index contributed by atoms with van der Waals surface area (Å²) in [5, 5.41) is 12.8. The summed E-state index contributed by atoms with van der Waals surface area (Å²) in [5.74, 6) is -0.0864. The maximum atomic E-state index is 12.9. The number of carbonyl (C=O) groups excluding carboxylic acids is 2. The average molecular weight is 674 g/mol. The van der Waals surface area contributed by atoms with Crippen LogP contribution in [-0.4, -0.2) is 29.4 Å². The van der Waals surface area contributed by atoms with Gasteiger partial charge >= 0.3 is 0 Å². The van der Waals surface area contributed by atoms with Crippen molar-refractivity contribution in [3.8, 4) is 22.3 Å². The summed E-state index contributed by atoms with van der Waals surface area (Å²) in [6, 6.07) is 23.6. The number of benzene rings is 4. The van der Waals surface area contributed by atoms with Crippen LogP contribution in [0.25, 0.3) is 27.8 Å². The first-order valence-corrected chi connectivity index (χ1v) is 16.9. The lowest BCUT2D eigenvalue weighted by Crippen LogP contribution is -2.15. The fourth-order valence-corrected chi connectivity index (χ4v) is 7.28. The molecule has 0 bridgehead atoms. The van der Waals surface area contributed by atoms with E-state index in [4.69, 9.17) is 39.5 Å². The number of aliphatic hydroxyl groups excluding tert-OH is 1. The Labute approximate surface area is 285 Å². The number of aryl methyl sites for hydroxylation is 2. The Balaban J connectivity index is 1.30. The van der Waals surface area contributed by atoms with Gasteiger partial charge in [0.15, 0.2) is 0 Å². The van der Waals surface area contributed by atoms with Gasteiger partial charge < -0.3 is 9.84 Å². The quantitative estimate of drug-likeness (QED) is 0.180. The number of ketones is 2. The fraction of sp³-hybridized carbons (Fsp3) is 0.282. The zero-order valence-electron chi connectivity index (χ0n) is 25.8. The zero-order chi connectivity index (χ0) is 32.5. The molecule has 236 valence electrons. The predicted octanol–water partition coefficient (Wildman–Crippen LogP) is 9.99. The molecule has 4 nitrogen and oxygen atoms in total. The Kier molecular flexibility index (Phi) is 9.72. The Hall–Kier alpha value is -3.41. The average Bonchev–Trinajstić information content (AvgIpc) is 3.58. The molecule has 0 aromatic heterocycles. The zero-order valence-corrected chi connectivity index (χ0v) is 28.1. The van der Waals surface area contributed by atoms with E-state index in [1.807, 2.05) is 49.4 Å². The fourth-order valence-electron chi connectivity index (χ4n) is 6.76. The van der Waals surface area contributed by atoms with Crippen LogP contribution in [0.2, 0.25) is 15.1 Å². The molecule has 0 radical (unpaired) electrons. The minimum absolute atomic E-state index is 0.0507. The number of ether oxygens (including phenoxy) is 1. The molecular formula is C39H35Cl3O4. The minimum Gasteiger partial charge on any atom is -0.497 e. The molecule has 1 unspecified atom stereocenters. The first-order chi connectivity index (χ1) is 22.1. The second-order valence-corrected chi connectivity index (χ2v) is 13.3. The number of halogens is 3. The summed E-state index contributed by atoms with van der Waals surface area (Å²) in [4.78, 5) is 25.8. The number of hydrogen-bond donors (Lipinski definition) is 1. The molecule has 1 atom stereocenters. The molecule has 1 saturated carbocycles. The number of Topliss-reactive ketones (excluding diaryl/α,β-unsaturated/α-hetero) is 2. The van der Waals surface area contributed by atoms with E-state index in [-0.39, 0.29) is 24.4 Å². The van der Waals surface area contributed by atoms with Crippen molar-refractivity contribution in [2.75, 3.05) is 6.61 Å². The summed E-state index contributed by atoms with van der Waals surface area (Å²) in [5.41, 5.74) is 9.55. The van der Waals surface area contributed by atoms with E-state index in [0.29, 0.717) is 40.9 Å². The van der Waals surface area contributed by atoms with Crippen molar-refractivity contribution in [1.82, 2.24) is 0 Å². The molecule has 6 rings (SSSR count). The van der Waals surface area contributed by atoms with Gasteiger partial charge in [-0.25, -0.2) is 0 Å². The molecule has 0 aliphatic heterocycles. The summed E-state index contributed by atoms with van der Waals surface area (Å²) in [6.07, 6.45) is 2.44. The first-order valence-electron chi connectivity index (χ1n) is 15.7. The molecule has 2 aliphatic carbocycles. The van der Waals surface area contributed by atoms with Gasteiger partial charge in [-0.1, -0.05) is 78.1 Å². The molecular weight excluding hydrogens is 639 g/mol. The molecule has 0 amide bonds. The third kappa shape index (κ3) is 6.55. The minimum atomic E-state index is -0.771. The lowest BCUT2D eigenvalue weighted by molar-refractivity contribution is -0.123. The number of hydrogen-bond acceptors (Lipinski definition) is 4. The Morgan fingerprint density at radius 1 is 0.761 bits per heavy atom. The van der Waals surface area contributed by atoms with Crippen LogP contribution in [-0.2, 0) is 27.2 Å². The molecule has 4 aromatic rings. The van der Waals surface area contributed by atoms with Gasteiger partial charge in [-0.2, -0.15) is 0 Å². The van der Waals surface area contributed by atoms with Crippen LogP contribution < -0.4 is 0 Å². The van der Waals surface area contributed by atoms with Crippen LogP contribution in [0.3, 0.4) is 0 Å². The van der Waals surface area contributed by atoms with Gasteiger partial charge in [0.05, 0.1) is 22.8 Å². The standard InChI is InChI=1S/C39H35Cl3O4/c1-3-23-4-7-27(29-10-9-28(40)18-22(29)2)20-30(23)39-36(45)14-15-37(39)46-17-16-24-5-6-25(26-8-11-32(41)33(42)21-26)19-31(24)38-34(43)12-13-35(38)44/h4-11,18-21,36,38,45H,3,12-17H2,1-2H3. The number of aliphatic hydroxyl groups is 1. The van der Waals surface area contributed by atoms with Crippen molar-refractivity contribution in [3.05, 3.63) is 121 Å². The Morgan fingerprint density at radius 2 is 1.46 bits per heavy atom. The first kappa shape index (κ1) is 32.5. The van der Waals surface area contributed by atoms with Crippen molar-refractivity contribution in [2.24, 2.45) is 0 Å². The van der Waals surface area contributed by atoms with E-state index in [1.54, 1.807) is 12.1 Å². The Bertz CT molecular complexity index is 1860. The van der Waals surface area contributed by atoms with Crippen LogP contribution in [0, 0.1) is 6.92 Å². The second-order valence-electron chi connectivity index (χ2n) is 12.1. The maximum absolute atomic E-state index is 12.9. The summed E-state index contributed by atoms with van der Waals surface area (Å²) in [7, 11) is 0. The summed E-state index contributed by atoms with van der Waals surface area (Å²) in [6.45, 7) is 4.51. The lowest BCUT2D eigenvalue weighted by atomic mass is 9.87. The van der Waals surface area contributed by atoms with E-state index >= 15 is 0 Å². The van der Waals surface area contributed by atoms with Gasteiger partial charge in [-0.05, 0) is 106 Å². The van der Waals surface area contributed by atoms with Crippen molar-refractivity contribution in [1.29, 1.82) is 0 Å². The monoisotopic (exact) mass is 672 g/mol. The molecule has 0 heterocycles. The van der Waals surface area contributed by atoms with Crippen LogP contribution in [0.15, 0.2) is 78.6 Å². The van der Waals surface area contributed by atoms with Crippen molar-refractivity contribution in [2.45, 2.75) is 64.4 Å². The topological polar surface area (TPSA) is 63.6 Å². The van der Waals surface area contributed by atoms with Crippen molar-refractivity contribution >= 4 is 51.9 Å². The molecule has 46 heavy (non-hydrogen) atoms. The Morgan fingerprint density at radius 3 is 2.17 bits per heavy atom. The highest BCUT2D eigenvalue weighted by molar-refractivity contribution is 6.42. The predicted molar refractivity (Wildman–Crippen MR) is 187 cm³/mol. The van der Waals surface area contributed by atoms with Crippen LogP contribution in [0.5, 0.6) is 0 Å². The van der Waals surface area contributed by atoms with Gasteiger partial charge in [0.2, 0.25) is 0 Å². The molecule has 0 spiro atoms. The van der Waals surface area contributed by atoms with Gasteiger partial charge in [0, 0.05) is 36.3 Å². The number of carbonyl (C=O) groups is 2. The highest BCUT2D eigenvalue weighted by Gasteiger charge is 2.36. The summed E-state index contributed by atoms with van der Waals surface area (Å²) < 4.78 is 6.44. The summed E-state index contributed by atoms with van der Waals surface area (Å²) >= 11 is 18.7. The highest BCUT2D eigenvalue weighted by atomic mass is 35.5. The van der Waals surface area contributed by atoms with Gasteiger partial charge in [-0.15, -0.1) is 0 Å². The third-order valence-electron chi connectivity index (χ3n) is 9.18. The van der Waals surface area contributed by atoms with Crippen LogP contribution in [0.4, 0.5) is 0 Å². The second kappa shape index (κ2) is 13.8. The van der Waals surface area contributed by atoms with Gasteiger partial charge in [0.1, 0.15) is 23.2 Å². The molecule has 2 aliphatic rings. The largest absolute Gasteiger partial charge is 0.497 e. The molecule has 0 saturated heterocycles.